The molecule has 108 valence electrons. The van der Waals surface area contributed by atoms with Gasteiger partial charge in [-0.25, -0.2) is 4.98 Å². The second kappa shape index (κ2) is 7.50. The number of hydrogen-bond acceptors (Lipinski definition) is 4. The van der Waals surface area contributed by atoms with Crippen molar-refractivity contribution in [2.45, 2.75) is 26.3 Å². The van der Waals surface area contributed by atoms with Crippen LogP contribution in [0.15, 0.2) is 12.4 Å². The summed E-state index contributed by atoms with van der Waals surface area (Å²) < 4.78 is 7.33. The number of nitrogens with one attached hydrogen (secondary N) is 1. The second-order valence-electron chi connectivity index (χ2n) is 5.15. The van der Waals surface area contributed by atoms with E-state index in [1.807, 2.05) is 12.4 Å². The predicted molar refractivity (Wildman–Crippen MR) is 77.6 cm³/mol. The zero-order valence-corrected chi connectivity index (χ0v) is 12.1. The molecule has 2 heterocycles. The Labute approximate surface area is 116 Å². The van der Waals surface area contributed by atoms with Crippen LogP contribution in [0.1, 0.15) is 19.8 Å². The van der Waals surface area contributed by atoms with E-state index in [4.69, 9.17) is 4.74 Å². The molecule has 0 unspecified atom stereocenters. The summed E-state index contributed by atoms with van der Waals surface area (Å²) in [4.78, 5) is 6.90. The van der Waals surface area contributed by atoms with Crippen LogP contribution in [0.2, 0.25) is 0 Å². The predicted octanol–water partition coefficient (Wildman–Crippen LogP) is 1.36. The lowest BCUT2D eigenvalue weighted by atomic mass is 9.97. The lowest BCUT2D eigenvalue weighted by Gasteiger charge is -2.33. The zero-order chi connectivity index (χ0) is 13.5. The number of methoxy groups -OCH3 is 1. The van der Waals surface area contributed by atoms with Gasteiger partial charge in [-0.05, 0) is 31.8 Å². The molecule has 0 aromatic carbocycles. The maximum absolute atomic E-state index is 5.14. The number of hydrogen-bond donors (Lipinski definition) is 1. The molecule has 19 heavy (non-hydrogen) atoms. The molecule has 0 aliphatic carbocycles. The van der Waals surface area contributed by atoms with E-state index in [-0.39, 0.29) is 0 Å². The maximum atomic E-state index is 5.14. The summed E-state index contributed by atoms with van der Waals surface area (Å²) >= 11 is 0. The van der Waals surface area contributed by atoms with Gasteiger partial charge in [-0.15, -0.1) is 0 Å². The van der Waals surface area contributed by atoms with E-state index in [2.05, 4.69) is 26.7 Å². The number of imidazole rings is 1. The fourth-order valence-corrected chi connectivity index (χ4v) is 2.63. The van der Waals surface area contributed by atoms with Gasteiger partial charge in [0.25, 0.3) is 0 Å². The van der Waals surface area contributed by atoms with Gasteiger partial charge in [0.15, 0.2) is 0 Å². The van der Waals surface area contributed by atoms with Crippen LogP contribution in [0.5, 0.6) is 0 Å². The Hall–Kier alpha value is -1.07. The van der Waals surface area contributed by atoms with Crippen LogP contribution in [0, 0.1) is 5.92 Å². The smallest absolute Gasteiger partial charge is 0.205 e. The van der Waals surface area contributed by atoms with Gasteiger partial charge in [0.2, 0.25) is 5.95 Å². The Balaban J connectivity index is 1.85. The Morgan fingerprint density at radius 1 is 1.42 bits per heavy atom. The van der Waals surface area contributed by atoms with Crippen molar-refractivity contribution >= 4 is 5.95 Å². The van der Waals surface area contributed by atoms with E-state index in [1.54, 1.807) is 7.11 Å². The van der Waals surface area contributed by atoms with E-state index in [0.29, 0.717) is 0 Å². The lowest BCUT2D eigenvalue weighted by Crippen LogP contribution is -2.38. The molecule has 5 heteroatoms. The van der Waals surface area contributed by atoms with E-state index >= 15 is 0 Å². The first-order valence-electron chi connectivity index (χ1n) is 7.31. The molecule has 0 amide bonds. The minimum atomic E-state index is 0.736. The highest BCUT2D eigenvalue weighted by Crippen LogP contribution is 2.21. The van der Waals surface area contributed by atoms with E-state index in [9.17, 15) is 0 Å². The molecule has 0 bridgehead atoms. The zero-order valence-electron chi connectivity index (χ0n) is 12.1. The fraction of sp³-hybridized carbons (Fsp3) is 0.786. The van der Waals surface area contributed by atoms with Gasteiger partial charge in [-0.1, -0.05) is 6.92 Å². The van der Waals surface area contributed by atoms with Crippen molar-refractivity contribution in [3.8, 4) is 0 Å². The first-order valence-corrected chi connectivity index (χ1v) is 7.31. The third kappa shape index (κ3) is 3.94. The largest absolute Gasteiger partial charge is 0.383 e. The molecule has 1 fully saturated rings. The monoisotopic (exact) mass is 266 g/mol. The fourth-order valence-electron chi connectivity index (χ4n) is 2.63. The minimum absolute atomic E-state index is 0.736. The standard InChI is InChI=1S/C14H26N4O/c1-3-15-12-13-4-7-17(8-5-13)14-16-6-9-18(14)10-11-19-2/h6,9,13,15H,3-5,7-8,10-12H2,1-2H3. The van der Waals surface area contributed by atoms with Crippen LogP contribution in [-0.2, 0) is 11.3 Å². The highest BCUT2D eigenvalue weighted by Gasteiger charge is 2.21. The van der Waals surface area contributed by atoms with Crippen LogP contribution in [0.4, 0.5) is 5.95 Å². The van der Waals surface area contributed by atoms with E-state index in [1.165, 1.54) is 12.8 Å². The summed E-state index contributed by atoms with van der Waals surface area (Å²) in [6.07, 6.45) is 6.43. The third-order valence-electron chi connectivity index (χ3n) is 3.81. The number of aromatic nitrogens is 2. The number of rotatable bonds is 7. The molecule has 5 nitrogen and oxygen atoms in total. The summed E-state index contributed by atoms with van der Waals surface area (Å²) in [6.45, 7) is 8.23. The summed E-state index contributed by atoms with van der Waals surface area (Å²) in [6, 6.07) is 0. The van der Waals surface area contributed by atoms with Crippen LogP contribution < -0.4 is 10.2 Å². The van der Waals surface area contributed by atoms with Gasteiger partial charge >= 0.3 is 0 Å². The summed E-state index contributed by atoms with van der Waals surface area (Å²) in [5, 5.41) is 3.45. The molecule has 2 rings (SSSR count). The second-order valence-corrected chi connectivity index (χ2v) is 5.15. The molecule has 1 aliphatic heterocycles. The number of ether oxygens (including phenoxy) is 1. The Morgan fingerprint density at radius 2 is 2.21 bits per heavy atom. The van der Waals surface area contributed by atoms with Crippen LogP contribution in [0.25, 0.3) is 0 Å². The van der Waals surface area contributed by atoms with Crippen LogP contribution >= 0.6 is 0 Å². The van der Waals surface area contributed by atoms with Gasteiger partial charge in [-0.2, -0.15) is 0 Å². The number of anilines is 1. The van der Waals surface area contributed by atoms with Crippen molar-refractivity contribution in [2.75, 3.05) is 44.8 Å². The average molecular weight is 266 g/mol. The Morgan fingerprint density at radius 3 is 2.89 bits per heavy atom. The molecule has 0 radical (unpaired) electrons. The van der Waals surface area contributed by atoms with Gasteiger partial charge in [0.1, 0.15) is 0 Å². The molecule has 1 aromatic heterocycles. The summed E-state index contributed by atoms with van der Waals surface area (Å²) in [5.74, 6) is 1.91. The maximum Gasteiger partial charge on any atom is 0.205 e. The molecule has 1 aliphatic rings. The first-order chi connectivity index (χ1) is 9.35. The van der Waals surface area contributed by atoms with E-state index < -0.39 is 0 Å². The van der Waals surface area contributed by atoms with Crippen molar-refractivity contribution in [2.24, 2.45) is 5.92 Å². The van der Waals surface area contributed by atoms with Crippen molar-refractivity contribution in [1.29, 1.82) is 0 Å². The van der Waals surface area contributed by atoms with Gasteiger partial charge in [0.05, 0.1) is 6.61 Å². The molecule has 0 saturated carbocycles. The molecule has 1 aromatic rings. The average Bonchev–Trinajstić information content (AvgIpc) is 2.92. The van der Waals surface area contributed by atoms with Crippen molar-refractivity contribution in [3.63, 3.8) is 0 Å². The first kappa shape index (κ1) is 14.3. The molecular formula is C14H26N4O. The Kier molecular flexibility index (Phi) is 5.66. The minimum Gasteiger partial charge on any atom is -0.383 e. The van der Waals surface area contributed by atoms with Gasteiger partial charge < -0.3 is 19.5 Å². The molecule has 0 atom stereocenters. The topological polar surface area (TPSA) is 42.3 Å². The van der Waals surface area contributed by atoms with Crippen molar-refractivity contribution in [1.82, 2.24) is 14.9 Å². The van der Waals surface area contributed by atoms with Crippen molar-refractivity contribution in [3.05, 3.63) is 12.4 Å². The highest BCUT2D eigenvalue weighted by atomic mass is 16.5. The quantitative estimate of drug-likeness (QED) is 0.809. The molecule has 1 N–H and O–H groups in total. The molecular weight excluding hydrogens is 240 g/mol. The number of nitrogens with zero attached hydrogens (tertiary/aromatic N) is 3. The SMILES string of the molecule is CCNCC1CCN(c2nccn2CCOC)CC1. The summed E-state index contributed by atoms with van der Waals surface area (Å²) in [7, 11) is 1.74. The highest BCUT2D eigenvalue weighted by molar-refractivity contribution is 5.31. The number of piperidine rings is 1. The van der Waals surface area contributed by atoms with Gasteiger partial charge in [0, 0.05) is 39.1 Å². The van der Waals surface area contributed by atoms with Crippen molar-refractivity contribution < 1.29 is 4.74 Å². The lowest BCUT2D eigenvalue weighted by molar-refractivity contribution is 0.187. The normalized spacial score (nSPS) is 17.1. The van der Waals surface area contributed by atoms with Gasteiger partial charge in [-0.3, -0.25) is 0 Å². The van der Waals surface area contributed by atoms with Crippen LogP contribution in [-0.4, -0.2) is 49.4 Å². The molecule has 0 spiro atoms. The third-order valence-corrected chi connectivity index (χ3v) is 3.81. The molecule has 1 saturated heterocycles. The van der Waals surface area contributed by atoms with Crippen LogP contribution in [0.3, 0.4) is 0 Å². The summed E-state index contributed by atoms with van der Waals surface area (Å²) in [5.41, 5.74) is 0. The van der Waals surface area contributed by atoms with E-state index in [0.717, 1.165) is 51.2 Å². The Bertz CT molecular complexity index is 358.